The lowest BCUT2D eigenvalue weighted by Crippen LogP contribution is -2.24. The smallest absolute Gasteiger partial charge is 0.165 e. The summed E-state index contributed by atoms with van der Waals surface area (Å²) in [5.41, 5.74) is 0.850. The van der Waals surface area contributed by atoms with Crippen LogP contribution in [-0.2, 0) is 6.42 Å². The van der Waals surface area contributed by atoms with Crippen LogP contribution in [0.4, 0.5) is 0 Å². The van der Waals surface area contributed by atoms with E-state index in [1.54, 1.807) is 0 Å². The number of unbranched alkanes of at least 4 members (excludes halogenated alkanes) is 1. The minimum atomic E-state index is -0.235. The fourth-order valence-electron chi connectivity index (χ4n) is 2.61. The number of benzene rings is 1. The Hall–Kier alpha value is -1.69. The maximum atomic E-state index is 8.99. The monoisotopic (exact) mass is 287 g/mol. The van der Waals surface area contributed by atoms with E-state index < -0.39 is 0 Å². The van der Waals surface area contributed by atoms with E-state index in [1.165, 1.54) is 5.56 Å². The second-order valence-electron chi connectivity index (χ2n) is 7.08. The van der Waals surface area contributed by atoms with Crippen molar-refractivity contribution >= 4 is 0 Å². The fraction of sp³-hybridized carbons (Fsp3) is 0.611. The van der Waals surface area contributed by atoms with Gasteiger partial charge in [0, 0.05) is 12.0 Å². The third kappa shape index (κ3) is 4.14. The van der Waals surface area contributed by atoms with Crippen LogP contribution in [0.5, 0.6) is 11.5 Å². The van der Waals surface area contributed by atoms with Gasteiger partial charge in [-0.05, 0) is 53.0 Å². The van der Waals surface area contributed by atoms with Gasteiger partial charge >= 0.3 is 0 Å². The van der Waals surface area contributed by atoms with Crippen molar-refractivity contribution in [3.05, 3.63) is 23.8 Å². The number of rotatable bonds is 6. The molecule has 0 atom stereocenters. The van der Waals surface area contributed by atoms with Crippen LogP contribution in [0.15, 0.2) is 18.2 Å². The van der Waals surface area contributed by atoms with Crippen LogP contribution in [0.1, 0.15) is 52.5 Å². The second-order valence-corrected chi connectivity index (χ2v) is 7.08. The summed E-state index contributed by atoms with van der Waals surface area (Å²) in [6.07, 6.45) is 3.79. The molecule has 0 spiro atoms. The van der Waals surface area contributed by atoms with Crippen molar-refractivity contribution in [3.8, 4) is 17.6 Å². The average Bonchev–Trinajstić information content (AvgIpc) is 2.73. The summed E-state index contributed by atoms with van der Waals surface area (Å²) in [7, 11) is 0. The van der Waals surface area contributed by atoms with Gasteiger partial charge in [0.15, 0.2) is 11.5 Å². The normalized spacial score (nSPS) is 16.0. The lowest BCUT2D eigenvalue weighted by Gasteiger charge is -2.18. The molecular formula is C18H25NO2. The molecule has 1 aliphatic heterocycles. The van der Waals surface area contributed by atoms with Crippen molar-refractivity contribution in [2.24, 2.45) is 5.41 Å². The molecule has 1 heterocycles. The summed E-state index contributed by atoms with van der Waals surface area (Å²) < 4.78 is 11.9. The van der Waals surface area contributed by atoms with Gasteiger partial charge in [0.1, 0.15) is 5.60 Å². The topological polar surface area (TPSA) is 42.2 Å². The molecule has 3 heteroatoms. The maximum absolute atomic E-state index is 8.99. The second kappa shape index (κ2) is 5.97. The van der Waals surface area contributed by atoms with E-state index in [0.29, 0.717) is 6.61 Å². The summed E-state index contributed by atoms with van der Waals surface area (Å²) in [6, 6.07) is 8.43. The molecule has 0 aromatic heterocycles. The van der Waals surface area contributed by atoms with Crippen molar-refractivity contribution < 1.29 is 9.47 Å². The Morgan fingerprint density at radius 3 is 2.81 bits per heavy atom. The Balaban J connectivity index is 1.84. The van der Waals surface area contributed by atoms with Crippen molar-refractivity contribution in [1.82, 2.24) is 0 Å². The van der Waals surface area contributed by atoms with Crippen LogP contribution in [0, 0.1) is 16.7 Å². The Kier molecular flexibility index (Phi) is 4.46. The first-order chi connectivity index (χ1) is 9.83. The minimum Gasteiger partial charge on any atom is -0.490 e. The standard InChI is InChI=1S/C18H25NO2/c1-17(2,13-19)10-5-6-11-20-15-9-7-8-14-12-18(3,4)21-16(14)15/h7-9H,5-6,10-12H2,1-4H3. The lowest BCUT2D eigenvalue weighted by atomic mass is 9.89. The first kappa shape index (κ1) is 15.7. The predicted molar refractivity (Wildman–Crippen MR) is 83.6 cm³/mol. The molecule has 0 saturated carbocycles. The molecule has 0 fully saturated rings. The molecule has 1 aromatic rings. The number of fused-ring (bicyclic) bond motifs is 1. The molecule has 1 aromatic carbocycles. The molecule has 0 unspecified atom stereocenters. The van der Waals surface area contributed by atoms with E-state index in [0.717, 1.165) is 37.2 Å². The summed E-state index contributed by atoms with van der Waals surface area (Å²) in [5, 5.41) is 8.99. The Morgan fingerprint density at radius 1 is 1.33 bits per heavy atom. The Labute approximate surface area is 127 Å². The number of para-hydroxylation sites is 1. The molecular weight excluding hydrogens is 262 g/mol. The van der Waals surface area contributed by atoms with E-state index in [4.69, 9.17) is 14.7 Å². The molecule has 0 aliphatic carbocycles. The molecule has 0 N–H and O–H groups in total. The molecule has 114 valence electrons. The van der Waals surface area contributed by atoms with Crippen molar-refractivity contribution in [1.29, 1.82) is 5.26 Å². The fourth-order valence-corrected chi connectivity index (χ4v) is 2.61. The van der Waals surface area contributed by atoms with Crippen LogP contribution in [0.25, 0.3) is 0 Å². The molecule has 0 saturated heterocycles. The quantitative estimate of drug-likeness (QED) is 0.723. The Bertz CT molecular complexity index is 541. The number of hydrogen-bond acceptors (Lipinski definition) is 3. The highest BCUT2D eigenvalue weighted by molar-refractivity contribution is 5.50. The number of nitrogens with zero attached hydrogens (tertiary/aromatic N) is 1. The summed E-state index contributed by atoms with van der Waals surface area (Å²) in [6.45, 7) is 8.82. The highest BCUT2D eigenvalue weighted by Gasteiger charge is 2.32. The van der Waals surface area contributed by atoms with Gasteiger partial charge in [-0.3, -0.25) is 0 Å². The highest BCUT2D eigenvalue weighted by Crippen LogP contribution is 2.41. The highest BCUT2D eigenvalue weighted by atomic mass is 16.5. The van der Waals surface area contributed by atoms with E-state index in [1.807, 2.05) is 26.0 Å². The molecule has 0 radical (unpaired) electrons. The summed E-state index contributed by atoms with van der Waals surface area (Å²) in [5.74, 6) is 1.75. The third-order valence-electron chi connectivity index (χ3n) is 3.81. The third-order valence-corrected chi connectivity index (χ3v) is 3.81. The van der Waals surface area contributed by atoms with Gasteiger partial charge in [0.05, 0.1) is 18.1 Å². The van der Waals surface area contributed by atoms with Crippen LogP contribution in [0.3, 0.4) is 0 Å². The molecule has 0 amide bonds. The van der Waals surface area contributed by atoms with E-state index in [2.05, 4.69) is 26.0 Å². The Morgan fingerprint density at radius 2 is 2.10 bits per heavy atom. The molecule has 21 heavy (non-hydrogen) atoms. The molecule has 2 rings (SSSR count). The van der Waals surface area contributed by atoms with Gasteiger partial charge in [-0.1, -0.05) is 12.1 Å². The summed E-state index contributed by atoms with van der Waals surface area (Å²) >= 11 is 0. The van der Waals surface area contributed by atoms with Crippen LogP contribution >= 0.6 is 0 Å². The SMILES string of the molecule is CC(C)(C#N)CCCCOc1cccc2c1OC(C)(C)C2. The van der Waals surface area contributed by atoms with Gasteiger partial charge in [0.25, 0.3) is 0 Å². The van der Waals surface area contributed by atoms with Crippen LogP contribution in [0.2, 0.25) is 0 Å². The molecule has 0 bridgehead atoms. The van der Waals surface area contributed by atoms with E-state index >= 15 is 0 Å². The van der Waals surface area contributed by atoms with E-state index in [9.17, 15) is 0 Å². The van der Waals surface area contributed by atoms with Crippen molar-refractivity contribution in [3.63, 3.8) is 0 Å². The van der Waals surface area contributed by atoms with Crippen molar-refractivity contribution in [2.45, 2.75) is 59.0 Å². The van der Waals surface area contributed by atoms with E-state index in [-0.39, 0.29) is 11.0 Å². The van der Waals surface area contributed by atoms with Gasteiger partial charge in [0.2, 0.25) is 0 Å². The lowest BCUT2D eigenvalue weighted by molar-refractivity contribution is 0.132. The number of ether oxygens (including phenoxy) is 2. The van der Waals surface area contributed by atoms with Crippen molar-refractivity contribution in [2.75, 3.05) is 6.61 Å². The van der Waals surface area contributed by atoms with Gasteiger partial charge in [-0.15, -0.1) is 0 Å². The van der Waals surface area contributed by atoms with Crippen LogP contribution < -0.4 is 9.47 Å². The zero-order valence-corrected chi connectivity index (χ0v) is 13.5. The predicted octanol–water partition coefficient (Wildman–Crippen LogP) is 4.50. The summed E-state index contributed by atoms with van der Waals surface area (Å²) in [4.78, 5) is 0. The van der Waals surface area contributed by atoms with Gasteiger partial charge < -0.3 is 9.47 Å². The number of hydrogen-bond donors (Lipinski definition) is 0. The minimum absolute atomic E-state index is 0.140. The molecule has 1 aliphatic rings. The van der Waals surface area contributed by atoms with Gasteiger partial charge in [-0.25, -0.2) is 0 Å². The van der Waals surface area contributed by atoms with Gasteiger partial charge in [-0.2, -0.15) is 5.26 Å². The first-order valence-corrected chi connectivity index (χ1v) is 7.68. The molecule has 3 nitrogen and oxygen atoms in total. The largest absolute Gasteiger partial charge is 0.490 e. The van der Waals surface area contributed by atoms with Crippen LogP contribution in [-0.4, -0.2) is 12.2 Å². The maximum Gasteiger partial charge on any atom is 0.165 e. The number of nitriles is 1. The first-order valence-electron chi connectivity index (χ1n) is 7.68. The zero-order valence-electron chi connectivity index (χ0n) is 13.5. The average molecular weight is 287 g/mol. The zero-order chi connectivity index (χ0) is 15.5.